The first-order valence-electron chi connectivity index (χ1n) is 7.78. The minimum atomic E-state index is -0.385. The molecule has 0 unspecified atom stereocenters. The summed E-state index contributed by atoms with van der Waals surface area (Å²) in [7, 11) is 4.54. The molecule has 1 aromatic heterocycles. The van der Waals surface area contributed by atoms with Crippen molar-refractivity contribution in [3.63, 3.8) is 0 Å². The highest BCUT2D eigenvalue weighted by Crippen LogP contribution is 2.40. The van der Waals surface area contributed by atoms with Gasteiger partial charge in [-0.05, 0) is 25.1 Å². The molecule has 3 rings (SSSR count). The maximum atomic E-state index is 12.7. The molecule has 7 heteroatoms. The number of anilines is 1. The number of furan rings is 1. The van der Waals surface area contributed by atoms with Gasteiger partial charge in [0.15, 0.2) is 17.3 Å². The molecule has 1 amide bonds. The van der Waals surface area contributed by atoms with E-state index in [9.17, 15) is 4.79 Å². The van der Waals surface area contributed by atoms with E-state index < -0.39 is 0 Å². The first-order chi connectivity index (χ1) is 12.5. The number of hydrogen-bond acceptors (Lipinski definition) is 5. The molecule has 0 spiro atoms. The maximum absolute atomic E-state index is 12.7. The molecule has 26 heavy (non-hydrogen) atoms. The third-order valence-electron chi connectivity index (χ3n) is 4.03. The van der Waals surface area contributed by atoms with E-state index >= 15 is 0 Å². The lowest BCUT2D eigenvalue weighted by Crippen LogP contribution is -2.12. The molecule has 0 aliphatic carbocycles. The van der Waals surface area contributed by atoms with E-state index in [2.05, 4.69) is 5.32 Å². The standard InChI is InChI=1S/C19H18ClNO5/c1-10-13-7-11(20)5-6-14(13)26-17(10)19(22)21-12-8-15(23-2)18(25-4)16(9-12)24-3/h5-9H,1-4H3,(H,21,22). The summed E-state index contributed by atoms with van der Waals surface area (Å²) in [6, 6.07) is 8.52. The zero-order valence-electron chi connectivity index (χ0n) is 14.8. The number of halogens is 1. The molecule has 0 saturated heterocycles. The fourth-order valence-electron chi connectivity index (χ4n) is 2.75. The summed E-state index contributed by atoms with van der Waals surface area (Å²) in [6.45, 7) is 1.81. The summed E-state index contributed by atoms with van der Waals surface area (Å²) in [5, 5.41) is 4.17. The van der Waals surface area contributed by atoms with Crippen LogP contribution in [0.25, 0.3) is 11.0 Å². The number of hydrogen-bond donors (Lipinski definition) is 1. The number of carbonyl (C=O) groups excluding carboxylic acids is 1. The first kappa shape index (κ1) is 17.9. The van der Waals surface area contributed by atoms with Crippen LogP contribution in [0.1, 0.15) is 16.1 Å². The lowest BCUT2D eigenvalue weighted by atomic mass is 10.1. The molecule has 1 N–H and O–H groups in total. The van der Waals surface area contributed by atoms with Crippen LogP contribution in [-0.4, -0.2) is 27.2 Å². The number of nitrogens with one attached hydrogen (secondary N) is 1. The normalized spacial score (nSPS) is 10.7. The summed E-state index contributed by atoms with van der Waals surface area (Å²) in [5.41, 5.74) is 1.80. The predicted octanol–water partition coefficient (Wildman–Crippen LogP) is 4.67. The number of rotatable bonds is 5. The fraction of sp³-hybridized carbons (Fsp3) is 0.211. The zero-order chi connectivity index (χ0) is 18.8. The smallest absolute Gasteiger partial charge is 0.291 e. The van der Waals surface area contributed by atoms with Gasteiger partial charge in [0.25, 0.3) is 5.91 Å². The summed E-state index contributed by atoms with van der Waals surface area (Å²) in [5.74, 6) is 1.16. The number of amides is 1. The first-order valence-corrected chi connectivity index (χ1v) is 8.16. The Balaban J connectivity index is 1.97. The number of fused-ring (bicyclic) bond motifs is 1. The van der Waals surface area contributed by atoms with Crippen LogP contribution >= 0.6 is 11.6 Å². The molecule has 2 aromatic carbocycles. The fourth-order valence-corrected chi connectivity index (χ4v) is 2.92. The lowest BCUT2D eigenvalue weighted by Gasteiger charge is -2.14. The van der Waals surface area contributed by atoms with E-state index in [1.54, 1.807) is 30.3 Å². The van der Waals surface area contributed by atoms with Crippen molar-refractivity contribution < 1.29 is 23.4 Å². The van der Waals surface area contributed by atoms with Crippen LogP contribution in [0.3, 0.4) is 0 Å². The van der Waals surface area contributed by atoms with E-state index in [0.717, 1.165) is 5.39 Å². The zero-order valence-corrected chi connectivity index (χ0v) is 15.6. The Bertz CT molecular complexity index is 954. The van der Waals surface area contributed by atoms with Gasteiger partial charge in [0.1, 0.15) is 5.58 Å². The number of aryl methyl sites for hydroxylation is 1. The van der Waals surface area contributed by atoms with Crippen molar-refractivity contribution in [3.05, 3.63) is 46.7 Å². The molecule has 0 radical (unpaired) electrons. The lowest BCUT2D eigenvalue weighted by molar-refractivity contribution is 0.0998. The molecule has 136 valence electrons. The molecule has 0 aliphatic heterocycles. The Kier molecular flexibility index (Phi) is 4.95. The van der Waals surface area contributed by atoms with Crippen LogP contribution in [0.15, 0.2) is 34.7 Å². The van der Waals surface area contributed by atoms with E-state index in [1.807, 2.05) is 6.92 Å². The Labute approximate surface area is 155 Å². The van der Waals surface area contributed by atoms with Gasteiger partial charge in [-0.1, -0.05) is 11.6 Å². The largest absolute Gasteiger partial charge is 0.493 e. The maximum Gasteiger partial charge on any atom is 0.291 e. The van der Waals surface area contributed by atoms with Crippen LogP contribution in [0, 0.1) is 6.92 Å². The average Bonchev–Trinajstić information content (AvgIpc) is 2.97. The van der Waals surface area contributed by atoms with Crippen molar-refractivity contribution >= 4 is 34.2 Å². The van der Waals surface area contributed by atoms with Crippen LogP contribution in [0.4, 0.5) is 5.69 Å². The minimum Gasteiger partial charge on any atom is -0.493 e. The second kappa shape index (κ2) is 7.17. The van der Waals surface area contributed by atoms with Crippen LogP contribution in [-0.2, 0) is 0 Å². The van der Waals surface area contributed by atoms with Gasteiger partial charge >= 0.3 is 0 Å². The third-order valence-corrected chi connectivity index (χ3v) is 4.26. The molecule has 6 nitrogen and oxygen atoms in total. The molecular formula is C19H18ClNO5. The molecule has 0 bridgehead atoms. The molecule has 0 saturated carbocycles. The van der Waals surface area contributed by atoms with Crippen LogP contribution in [0.5, 0.6) is 17.2 Å². The van der Waals surface area contributed by atoms with Gasteiger partial charge in [-0.15, -0.1) is 0 Å². The van der Waals surface area contributed by atoms with E-state index in [1.165, 1.54) is 21.3 Å². The van der Waals surface area contributed by atoms with Crippen LogP contribution < -0.4 is 19.5 Å². The second-order valence-electron chi connectivity index (χ2n) is 5.56. The number of carbonyl (C=O) groups is 1. The van der Waals surface area contributed by atoms with Gasteiger partial charge in [-0.2, -0.15) is 0 Å². The van der Waals surface area contributed by atoms with Gasteiger partial charge < -0.3 is 23.9 Å². The number of ether oxygens (including phenoxy) is 3. The van der Waals surface area contributed by atoms with Gasteiger partial charge in [-0.3, -0.25) is 4.79 Å². The molecule has 0 atom stereocenters. The van der Waals surface area contributed by atoms with Gasteiger partial charge in [0, 0.05) is 33.8 Å². The van der Waals surface area contributed by atoms with Crippen molar-refractivity contribution in [3.8, 4) is 17.2 Å². The quantitative estimate of drug-likeness (QED) is 0.701. The number of benzene rings is 2. The van der Waals surface area contributed by atoms with Crippen molar-refractivity contribution in [2.45, 2.75) is 6.92 Å². The predicted molar refractivity (Wildman–Crippen MR) is 100 cm³/mol. The molecule has 3 aromatic rings. The second-order valence-corrected chi connectivity index (χ2v) is 6.00. The van der Waals surface area contributed by atoms with E-state index in [0.29, 0.717) is 39.1 Å². The average molecular weight is 376 g/mol. The Hall–Kier alpha value is -2.86. The molecular weight excluding hydrogens is 358 g/mol. The topological polar surface area (TPSA) is 69.9 Å². The highest BCUT2D eigenvalue weighted by atomic mass is 35.5. The van der Waals surface area contributed by atoms with Gasteiger partial charge in [0.2, 0.25) is 5.75 Å². The van der Waals surface area contributed by atoms with Gasteiger partial charge in [0.05, 0.1) is 21.3 Å². The van der Waals surface area contributed by atoms with Crippen molar-refractivity contribution in [2.24, 2.45) is 0 Å². The van der Waals surface area contributed by atoms with Crippen molar-refractivity contribution in [1.82, 2.24) is 0 Å². The minimum absolute atomic E-state index is 0.219. The van der Waals surface area contributed by atoms with E-state index in [4.69, 9.17) is 30.2 Å². The third kappa shape index (κ3) is 3.15. The van der Waals surface area contributed by atoms with Gasteiger partial charge in [-0.25, -0.2) is 0 Å². The Morgan fingerprint density at radius 1 is 1.04 bits per heavy atom. The summed E-state index contributed by atoms with van der Waals surface area (Å²) in [4.78, 5) is 12.7. The summed E-state index contributed by atoms with van der Waals surface area (Å²) in [6.07, 6.45) is 0. The van der Waals surface area contributed by atoms with Crippen molar-refractivity contribution in [2.75, 3.05) is 26.6 Å². The summed E-state index contributed by atoms with van der Waals surface area (Å²) < 4.78 is 21.6. The number of methoxy groups -OCH3 is 3. The summed E-state index contributed by atoms with van der Waals surface area (Å²) >= 11 is 6.02. The van der Waals surface area contributed by atoms with Crippen LogP contribution in [0.2, 0.25) is 5.02 Å². The Morgan fingerprint density at radius 2 is 1.69 bits per heavy atom. The molecule has 0 aliphatic rings. The monoisotopic (exact) mass is 375 g/mol. The van der Waals surface area contributed by atoms with Crippen molar-refractivity contribution in [1.29, 1.82) is 0 Å². The molecule has 1 heterocycles. The SMILES string of the molecule is COc1cc(NC(=O)c2oc3ccc(Cl)cc3c2C)cc(OC)c1OC. The Morgan fingerprint density at radius 3 is 2.27 bits per heavy atom. The molecule has 0 fully saturated rings. The highest BCUT2D eigenvalue weighted by molar-refractivity contribution is 6.31. The van der Waals surface area contributed by atoms with E-state index in [-0.39, 0.29) is 11.7 Å². The highest BCUT2D eigenvalue weighted by Gasteiger charge is 2.20.